The number of ether oxygens (including phenoxy) is 1. The van der Waals surface area contributed by atoms with Gasteiger partial charge in [0.25, 0.3) is 0 Å². The number of benzene rings is 1. The molecular formula is C19H29N3O3S. The molecular weight excluding hydrogens is 350 g/mol. The Bertz CT molecular complexity index is 580. The van der Waals surface area contributed by atoms with Crippen molar-refractivity contribution in [3.05, 3.63) is 24.3 Å². The maximum Gasteiger partial charge on any atom is 0.223 e. The number of hydrogen-bond acceptors (Lipinski definition) is 5. The van der Waals surface area contributed by atoms with Crippen molar-refractivity contribution in [3.63, 3.8) is 0 Å². The fourth-order valence-electron chi connectivity index (χ4n) is 3.06. The van der Waals surface area contributed by atoms with Crippen LogP contribution in [0.25, 0.3) is 0 Å². The summed E-state index contributed by atoms with van der Waals surface area (Å²) in [6.07, 6.45) is 3.91. The molecule has 26 heavy (non-hydrogen) atoms. The van der Waals surface area contributed by atoms with Crippen molar-refractivity contribution in [2.45, 2.75) is 43.0 Å². The molecule has 0 aromatic heterocycles. The number of carbonyl (C=O) groups is 2. The molecule has 0 saturated carbocycles. The standard InChI is InChI=1S/C19H29N3O3S/c1-25-16-5-7-17(8-6-16)26-13-10-19(24)22-12-3-2-4-15(22)14-21-18(23)9-11-20/h5-8,15H,2-4,9-14,20H2,1H3,(H,21,23). The molecule has 1 aliphatic rings. The second kappa shape index (κ2) is 11.1. The zero-order valence-corrected chi connectivity index (χ0v) is 16.2. The fourth-order valence-corrected chi connectivity index (χ4v) is 3.90. The average Bonchev–Trinajstić information content (AvgIpc) is 2.67. The van der Waals surface area contributed by atoms with Crippen molar-refractivity contribution in [1.82, 2.24) is 10.2 Å². The summed E-state index contributed by atoms with van der Waals surface area (Å²) in [6.45, 7) is 1.65. The monoisotopic (exact) mass is 379 g/mol. The minimum absolute atomic E-state index is 0.0412. The molecule has 0 aliphatic carbocycles. The number of nitrogens with two attached hydrogens (primary N) is 1. The van der Waals surface area contributed by atoms with E-state index in [1.54, 1.807) is 18.9 Å². The van der Waals surface area contributed by atoms with Crippen molar-refractivity contribution in [1.29, 1.82) is 0 Å². The van der Waals surface area contributed by atoms with Crippen molar-refractivity contribution < 1.29 is 14.3 Å². The van der Waals surface area contributed by atoms with Gasteiger partial charge in [-0.2, -0.15) is 0 Å². The number of methoxy groups -OCH3 is 1. The van der Waals surface area contributed by atoms with E-state index in [0.717, 1.165) is 42.2 Å². The highest BCUT2D eigenvalue weighted by molar-refractivity contribution is 7.99. The predicted octanol–water partition coefficient (Wildman–Crippen LogP) is 2.02. The van der Waals surface area contributed by atoms with Crippen LogP contribution in [0.1, 0.15) is 32.1 Å². The highest BCUT2D eigenvalue weighted by Gasteiger charge is 2.26. The van der Waals surface area contributed by atoms with E-state index in [0.29, 0.717) is 25.9 Å². The van der Waals surface area contributed by atoms with Crippen LogP contribution in [0.2, 0.25) is 0 Å². The number of likely N-dealkylation sites (tertiary alicyclic amines) is 1. The first kappa shape index (κ1) is 20.6. The first-order valence-electron chi connectivity index (χ1n) is 9.17. The molecule has 2 rings (SSSR count). The first-order chi connectivity index (χ1) is 12.6. The second-order valence-electron chi connectivity index (χ2n) is 6.35. The van der Waals surface area contributed by atoms with Crippen LogP contribution in [0.3, 0.4) is 0 Å². The van der Waals surface area contributed by atoms with Crippen LogP contribution in [-0.4, -0.2) is 55.3 Å². The molecule has 1 unspecified atom stereocenters. The van der Waals surface area contributed by atoms with Crippen LogP contribution >= 0.6 is 11.8 Å². The van der Waals surface area contributed by atoms with E-state index in [2.05, 4.69) is 5.32 Å². The molecule has 3 N–H and O–H groups in total. The zero-order chi connectivity index (χ0) is 18.8. The van der Waals surface area contributed by atoms with Crippen molar-refractivity contribution in [3.8, 4) is 5.75 Å². The number of amides is 2. The topological polar surface area (TPSA) is 84.7 Å². The van der Waals surface area contributed by atoms with Gasteiger partial charge >= 0.3 is 0 Å². The summed E-state index contributed by atoms with van der Waals surface area (Å²) in [7, 11) is 1.65. The van der Waals surface area contributed by atoms with E-state index in [4.69, 9.17) is 10.5 Å². The Kier molecular flexibility index (Phi) is 8.77. The largest absolute Gasteiger partial charge is 0.497 e. The van der Waals surface area contributed by atoms with E-state index >= 15 is 0 Å². The van der Waals surface area contributed by atoms with Crippen LogP contribution in [0.5, 0.6) is 5.75 Å². The van der Waals surface area contributed by atoms with E-state index in [9.17, 15) is 9.59 Å². The SMILES string of the molecule is COc1ccc(SCCC(=O)N2CCCCC2CNC(=O)CCN)cc1. The van der Waals surface area contributed by atoms with E-state index in [1.165, 1.54) is 0 Å². The second-order valence-corrected chi connectivity index (χ2v) is 7.52. The normalized spacial score (nSPS) is 17.0. The van der Waals surface area contributed by atoms with Gasteiger partial charge in [-0.05, 0) is 43.5 Å². The molecule has 1 aliphatic heterocycles. The average molecular weight is 380 g/mol. The van der Waals surface area contributed by atoms with Crippen LogP contribution in [0.4, 0.5) is 0 Å². The minimum atomic E-state index is -0.0412. The summed E-state index contributed by atoms with van der Waals surface area (Å²) in [5.41, 5.74) is 5.40. The maximum absolute atomic E-state index is 12.6. The molecule has 2 amide bonds. The van der Waals surface area contributed by atoms with Gasteiger partial charge < -0.3 is 20.7 Å². The lowest BCUT2D eigenvalue weighted by Gasteiger charge is -2.36. The Labute approximate surface area is 159 Å². The number of hydrogen-bond donors (Lipinski definition) is 2. The van der Waals surface area contributed by atoms with E-state index < -0.39 is 0 Å². The Morgan fingerprint density at radius 2 is 2.04 bits per heavy atom. The van der Waals surface area contributed by atoms with E-state index in [1.807, 2.05) is 29.2 Å². The Morgan fingerprint density at radius 1 is 1.27 bits per heavy atom. The minimum Gasteiger partial charge on any atom is -0.497 e. The summed E-state index contributed by atoms with van der Waals surface area (Å²) < 4.78 is 5.15. The molecule has 1 heterocycles. The summed E-state index contributed by atoms with van der Waals surface area (Å²) in [5.74, 6) is 1.70. The van der Waals surface area contributed by atoms with Gasteiger partial charge in [-0.15, -0.1) is 11.8 Å². The zero-order valence-electron chi connectivity index (χ0n) is 15.4. The van der Waals surface area contributed by atoms with Gasteiger partial charge in [-0.25, -0.2) is 0 Å². The molecule has 1 aromatic rings. The molecule has 0 radical (unpaired) electrons. The third-order valence-electron chi connectivity index (χ3n) is 4.50. The number of nitrogens with zero attached hydrogens (tertiary/aromatic N) is 1. The van der Waals surface area contributed by atoms with Gasteiger partial charge in [-0.1, -0.05) is 0 Å². The molecule has 1 fully saturated rings. The molecule has 1 saturated heterocycles. The van der Waals surface area contributed by atoms with Crippen molar-refractivity contribution >= 4 is 23.6 Å². The van der Waals surface area contributed by atoms with Crippen molar-refractivity contribution in [2.24, 2.45) is 5.73 Å². The van der Waals surface area contributed by atoms with Gasteiger partial charge in [0.2, 0.25) is 11.8 Å². The third-order valence-corrected chi connectivity index (χ3v) is 5.51. The number of nitrogens with one attached hydrogen (secondary N) is 1. The Hall–Kier alpha value is -1.73. The van der Waals surface area contributed by atoms with Crippen LogP contribution in [0.15, 0.2) is 29.2 Å². The van der Waals surface area contributed by atoms with Crippen molar-refractivity contribution in [2.75, 3.05) is 32.5 Å². The van der Waals surface area contributed by atoms with Crippen LogP contribution in [0, 0.1) is 0 Å². The number of thioether (sulfide) groups is 1. The van der Waals surface area contributed by atoms with Gasteiger partial charge in [-0.3, -0.25) is 9.59 Å². The van der Waals surface area contributed by atoms with Crippen LogP contribution in [-0.2, 0) is 9.59 Å². The smallest absolute Gasteiger partial charge is 0.223 e. The summed E-state index contributed by atoms with van der Waals surface area (Å²) in [6, 6.07) is 7.96. The Morgan fingerprint density at radius 3 is 2.73 bits per heavy atom. The quantitative estimate of drug-likeness (QED) is 0.641. The lowest BCUT2D eigenvalue weighted by molar-refractivity contribution is -0.135. The summed E-state index contributed by atoms with van der Waals surface area (Å²) in [4.78, 5) is 27.3. The Balaban J connectivity index is 1.78. The summed E-state index contributed by atoms with van der Waals surface area (Å²) >= 11 is 1.67. The molecule has 0 bridgehead atoms. The maximum atomic E-state index is 12.6. The summed E-state index contributed by atoms with van der Waals surface area (Å²) in [5, 5.41) is 2.90. The molecule has 1 atom stereocenters. The predicted molar refractivity (Wildman–Crippen MR) is 104 cm³/mol. The fraction of sp³-hybridized carbons (Fsp3) is 0.579. The number of rotatable bonds is 9. The van der Waals surface area contributed by atoms with E-state index in [-0.39, 0.29) is 17.9 Å². The lowest BCUT2D eigenvalue weighted by atomic mass is 10.0. The van der Waals surface area contributed by atoms with Gasteiger partial charge in [0.15, 0.2) is 0 Å². The third kappa shape index (κ3) is 6.53. The first-order valence-corrected chi connectivity index (χ1v) is 10.2. The number of piperidine rings is 1. The van der Waals surface area contributed by atoms with Gasteiger partial charge in [0, 0.05) is 49.2 Å². The molecule has 0 spiro atoms. The highest BCUT2D eigenvalue weighted by Crippen LogP contribution is 2.23. The van der Waals surface area contributed by atoms with Gasteiger partial charge in [0.1, 0.15) is 5.75 Å². The molecule has 1 aromatic carbocycles. The molecule has 144 valence electrons. The number of carbonyl (C=O) groups excluding carboxylic acids is 2. The van der Waals surface area contributed by atoms with Gasteiger partial charge in [0.05, 0.1) is 7.11 Å². The van der Waals surface area contributed by atoms with Crippen LogP contribution < -0.4 is 15.8 Å². The molecule has 6 nitrogen and oxygen atoms in total. The highest BCUT2D eigenvalue weighted by atomic mass is 32.2. The lowest BCUT2D eigenvalue weighted by Crippen LogP contribution is -2.49. The molecule has 7 heteroatoms.